The maximum absolute atomic E-state index is 10.6. The summed E-state index contributed by atoms with van der Waals surface area (Å²) in [6, 6.07) is 0. The van der Waals surface area contributed by atoms with Gasteiger partial charge in [0, 0.05) is 6.42 Å². The van der Waals surface area contributed by atoms with Crippen molar-refractivity contribution in [2.24, 2.45) is 23.7 Å². The van der Waals surface area contributed by atoms with E-state index < -0.39 is 12.1 Å². The van der Waals surface area contributed by atoms with Crippen LogP contribution in [0.1, 0.15) is 70.6 Å². The number of carboxylic acid groups (broad SMARTS) is 1. The van der Waals surface area contributed by atoms with Crippen LogP contribution in [0, 0.1) is 35.5 Å². The number of hydrogen-bond acceptors (Lipinski definition) is 3. The van der Waals surface area contributed by atoms with E-state index in [1.54, 1.807) is 0 Å². The van der Waals surface area contributed by atoms with Gasteiger partial charge in [-0.2, -0.15) is 0 Å². The fourth-order valence-corrected chi connectivity index (χ4v) is 5.00. The highest BCUT2D eigenvalue weighted by atomic mass is 16.4. The molecule has 5 atom stereocenters. The molecule has 3 aliphatic carbocycles. The second-order valence-electron chi connectivity index (χ2n) is 8.34. The second kappa shape index (κ2) is 9.06. The third-order valence-electron chi connectivity index (χ3n) is 6.61. The molecule has 0 aliphatic heterocycles. The lowest BCUT2D eigenvalue weighted by molar-refractivity contribution is -0.137. The largest absolute Gasteiger partial charge is 0.481 e. The lowest BCUT2D eigenvalue weighted by atomic mass is 9.57. The highest BCUT2D eigenvalue weighted by Gasteiger charge is 2.46. The van der Waals surface area contributed by atoms with Gasteiger partial charge in [-0.3, -0.25) is 4.79 Å². The molecule has 3 rings (SSSR count). The Balaban J connectivity index is 1.55. The zero-order chi connectivity index (χ0) is 18.5. The molecular formula is C22H32O4. The molecule has 3 N–H and O–H groups in total. The minimum absolute atomic E-state index is 0.0249. The van der Waals surface area contributed by atoms with Gasteiger partial charge in [-0.05, 0) is 62.7 Å². The van der Waals surface area contributed by atoms with Crippen LogP contribution in [0.25, 0.3) is 0 Å². The maximum Gasteiger partial charge on any atom is 0.303 e. The van der Waals surface area contributed by atoms with E-state index in [0.29, 0.717) is 24.2 Å². The predicted octanol–water partition coefficient (Wildman–Crippen LogP) is 3.52. The maximum atomic E-state index is 10.6. The van der Waals surface area contributed by atoms with E-state index in [-0.39, 0.29) is 18.4 Å². The molecule has 0 saturated heterocycles. The SMILES string of the molecule is O=C(O)CCC/C=C1/C[C@@H]2[C@@H](C#CC(O)C3CCCCC3)[C@H](O)CC[C@H]12. The first kappa shape index (κ1) is 19.5. The quantitative estimate of drug-likeness (QED) is 0.398. The Labute approximate surface area is 156 Å². The Hall–Kier alpha value is -1.31. The lowest BCUT2D eigenvalue weighted by Crippen LogP contribution is -2.44. The standard InChI is InChI=1S/C22H32O4/c23-20(15-6-2-1-3-7-15)12-11-18-19-14-16(8-4-5-9-22(25)26)17(19)10-13-21(18)24/h8,15,17-21,23-24H,1-7,9-10,13-14H2,(H,25,26)/b16-8-/t17-,18-,19+,20?,21-/m1/s1. The highest BCUT2D eigenvalue weighted by molar-refractivity contribution is 5.66. The molecule has 0 aromatic rings. The van der Waals surface area contributed by atoms with Gasteiger partial charge in [0.15, 0.2) is 0 Å². The minimum Gasteiger partial charge on any atom is -0.481 e. The van der Waals surface area contributed by atoms with Crippen molar-refractivity contribution in [3.63, 3.8) is 0 Å². The molecular weight excluding hydrogens is 328 g/mol. The molecule has 0 radical (unpaired) electrons. The first-order chi connectivity index (χ1) is 12.6. The third kappa shape index (κ3) is 4.69. The monoisotopic (exact) mass is 360 g/mol. The molecule has 3 saturated carbocycles. The molecule has 0 aromatic heterocycles. The zero-order valence-electron chi connectivity index (χ0n) is 15.6. The van der Waals surface area contributed by atoms with Gasteiger partial charge in [-0.1, -0.05) is 42.8 Å². The van der Waals surface area contributed by atoms with Crippen LogP contribution in [0.2, 0.25) is 0 Å². The molecule has 4 nitrogen and oxygen atoms in total. The van der Waals surface area contributed by atoms with E-state index in [2.05, 4.69) is 17.9 Å². The summed E-state index contributed by atoms with van der Waals surface area (Å²) in [5.74, 6) is 6.76. The number of hydrogen-bond donors (Lipinski definition) is 3. The lowest BCUT2D eigenvalue weighted by Gasteiger charge is -2.48. The number of aliphatic hydroxyl groups is 2. The third-order valence-corrected chi connectivity index (χ3v) is 6.61. The molecule has 26 heavy (non-hydrogen) atoms. The van der Waals surface area contributed by atoms with Crippen molar-refractivity contribution in [1.29, 1.82) is 0 Å². The van der Waals surface area contributed by atoms with Crippen LogP contribution in [0.3, 0.4) is 0 Å². The van der Waals surface area contributed by atoms with E-state index in [0.717, 1.165) is 38.5 Å². The van der Waals surface area contributed by atoms with Crippen molar-refractivity contribution in [3.05, 3.63) is 11.6 Å². The number of carboxylic acids is 1. The molecule has 4 heteroatoms. The van der Waals surface area contributed by atoms with Gasteiger partial charge >= 0.3 is 5.97 Å². The van der Waals surface area contributed by atoms with Gasteiger partial charge in [-0.15, -0.1) is 0 Å². The topological polar surface area (TPSA) is 77.8 Å². The Bertz CT molecular complexity index is 579. The summed E-state index contributed by atoms with van der Waals surface area (Å²) in [7, 11) is 0. The Morgan fingerprint density at radius 2 is 1.96 bits per heavy atom. The van der Waals surface area contributed by atoms with E-state index in [9.17, 15) is 15.0 Å². The summed E-state index contributed by atoms with van der Waals surface area (Å²) < 4.78 is 0. The summed E-state index contributed by atoms with van der Waals surface area (Å²) in [6.07, 6.45) is 11.5. The van der Waals surface area contributed by atoms with Crippen molar-refractivity contribution < 1.29 is 20.1 Å². The number of rotatable bonds is 5. The summed E-state index contributed by atoms with van der Waals surface area (Å²) in [6.45, 7) is 0. The average molecular weight is 360 g/mol. The Morgan fingerprint density at radius 1 is 1.19 bits per heavy atom. The van der Waals surface area contributed by atoms with E-state index in [1.807, 2.05) is 0 Å². The van der Waals surface area contributed by atoms with Crippen LogP contribution in [0.15, 0.2) is 11.6 Å². The predicted molar refractivity (Wildman–Crippen MR) is 100 cm³/mol. The zero-order valence-corrected chi connectivity index (χ0v) is 15.6. The van der Waals surface area contributed by atoms with Gasteiger partial charge in [0.25, 0.3) is 0 Å². The average Bonchev–Trinajstić information content (AvgIpc) is 2.62. The van der Waals surface area contributed by atoms with Crippen molar-refractivity contribution in [3.8, 4) is 11.8 Å². The van der Waals surface area contributed by atoms with Crippen LogP contribution in [0.5, 0.6) is 0 Å². The van der Waals surface area contributed by atoms with Gasteiger partial charge in [-0.25, -0.2) is 0 Å². The van der Waals surface area contributed by atoms with E-state index >= 15 is 0 Å². The molecule has 0 heterocycles. The molecule has 0 amide bonds. The van der Waals surface area contributed by atoms with Gasteiger partial charge in [0.05, 0.1) is 12.0 Å². The Kier molecular flexibility index (Phi) is 6.78. The molecule has 1 unspecified atom stereocenters. The summed E-state index contributed by atoms with van der Waals surface area (Å²) in [5, 5.41) is 29.5. The van der Waals surface area contributed by atoms with Crippen LogP contribution in [-0.4, -0.2) is 33.5 Å². The summed E-state index contributed by atoms with van der Waals surface area (Å²) in [5.41, 5.74) is 1.42. The number of carbonyl (C=O) groups is 1. The number of aliphatic carboxylic acids is 1. The number of allylic oxidation sites excluding steroid dienone is 2. The van der Waals surface area contributed by atoms with Crippen LogP contribution in [-0.2, 0) is 4.79 Å². The molecule has 3 aliphatic rings. The first-order valence-electron chi connectivity index (χ1n) is 10.3. The van der Waals surface area contributed by atoms with Gasteiger partial charge < -0.3 is 15.3 Å². The van der Waals surface area contributed by atoms with Crippen LogP contribution in [0.4, 0.5) is 0 Å². The van der Waals surface area contributed by atoms with Crippen molar-refractivity contribution in [1.82, 2.24) is 0 Å². The molecule has 144 valence electrons. The van der Waals surface area contributed by atoms with Crippen molar-refractivity contribution >= 4 is 5.97 Å². The summed E-state index contributed by atoms with van der Waals surface area (Å²) in [4.78, 5) is 10.6. The van der Waals surface area contributed by atoms with Gasteiger partial charge in [0.2, 0.25) is 0 Å². The van der Waals surface area contributed by atoms with E-state index in [4.69, 9.17) is 5.11 Å². The fourth-order valence-electron chi connectivity index (χ4n) is 5.00. The van der Waals surface area contributed by atoms with Crippen molar-refractivity contribution in [2.75, 3.05) is 0 Å². The number of unbranched alkanes of at least 4 members (excludes halogenated alkanes) is 1. The molecule has 3 fully saturated rings. The fraction of sp³-hybridized carbons (Fsp3) is 0.773. The number of aliphatic hydroxyl groups excluding tert-OH is 2. The van der Waals surface area contributed by atoms with E-state index in [1.165, 1.54) is 24.8 Å². The number of fused-ring (bicyclic) bond motifs is 1. The van der Waals surface area contributed by atoms with Crippen molar-refractivity contribution in [2.45, 2.75) is 82.8 Å². The molecule has 0 aromatic carbocycles. The highest BCUT2D eigenvalue weighted by Crippen LogP contribution is 2.51. The minimum atomic E-state index is -0.734. The molecule has 0 spiro atoms. The smallest absolute Gasteiger partial charge is 0.303 e. The summed E-state index contributed by atoms with van der Waals surface area (Å²) >= 11 is 0. The second-order valence-corrected chi connectivity index (χ2v) is 8.34. The van der Waals surface area contributed by atoms with Crippen LogP contribution >= 0.6 is 0 Å². The van der Waals surface area contributed by atoms with Crippen LogP contribution < -0.4 is 0 Å². The normalized spacial score (nSPS) is 34.3. The Morgan fingerprint density at radius 3 is 2.69 bits per heavy atom. The first-order valence-corrected chi connectivity index (χ1v) is 10.3. The molecule has 0 bridgehead atoms. The van der Waals surface area contributed by atoms with Gasteiger partial charge in [0.1, 0.15) is 6.10 Å².